The van der Waals surface area contributed by atoms with Gasteiger partial charge in [-0.05, 0) is 170 Å². The van der Waals surface area contributed by atoms with Crippen LogP contribution in [0.15, 0.2) is 178 Å². The molecule has 0 bridgehead atoms. The summed E-state index contributed by atoms with van der Waals surface area (Å²) >= 11 is 0. The van der Waals surface area contributed by atoms with E-state index >= 15 is 0 Å². The van der Waals surface area contributed by atoms with Gasteiger partial charge in [-0.3, -0.25) is 0 Å². The predicted molar refractivity (Wildman–Crippen MR) is 352 cm³/mol. The standard InChI is InChI=1S/C74H70N12O6/c1-70(2,3)53-31-43(60-77-75-58(87-60)41-22-18-16-19-23-41)26-45(33-53)62-79-81-64(89-62)47-28-49(37-55(35-47)72(7,8)9)66-83-85-68(91-66)51-30-52(40-57(39-51)74(13,14)15)69-86-84-67(92-69)50-29-48(36-56(38-50)73(10,11)12)65-82-80-63(90-65)46-27-44(32-54(34-46)71(4,5)6)61-78-76-59(88-61)42-24-20-17-21-25-42/h16-40H,1-15H3. The van der Waals surface area contributed by atoms with E-state index in [1.54, 1.807) is 0 Å². The Morgan fingerprint density at radius 3 is 0.435 bits per heavy atom. The first-order chi connectivity index (χ1) is 43.6. The SMILES string of the molecule is CC(C)(C)c1cc(-c2nnc(-c3ccccc3)o2)cc(-c2nnc(-c3cc(-c4nnc(-c5cc(-c6nnc(-c7cc(-c8nnc(-c9cc(-c%10nnc(-c%11ccccc%11)o%10)cc(C(C)(C)C)c9)o8)cc(C(C)(C)C)c7)o6)cc(C(C)(C)C)c5)o4)cc(C(C)(C)C)c3)o2)c1. The second kappa shape index (κ2) is 22.7. The average molecular weight is 1220 g/mol. The van der Waals surface area contributed by atoms with Crippen LogP contribution >= 0.6 is 0 Å². The first kappa shape index (κ1) is 60.3. The van der Waals surface area contributed by atoms with Gasteiger partial charge in [0.15, 0.2) is 0 Å². The normalized spacial score (nSPS) is 12.5. The Hall–Kier alpha value is -10.6. The van der Waals surface area contributed by atoms with Crippen LogP contribution in [0.5, 0.6) is 0 Å². The van der Waals surface area contributed by atoms with Crippen LogP contribution in [-0.2, 0) is 27.1 Å². The van der Waals surface area contributed by atoms with Crippen molar-refractivity contribution in [3.05, 3.63) is 179 Å². The second-order valence-corrected chi connectivity index (χ2v) is 28.5. The van der Waals surface area contributed by atoms with Crippen molar-refractivity contribution in [3.63, 3.8) is 0 Å². The maximum atomic E-state index is 6.64. The zero-order valence-corrected chi connectivity index (χ0v) is 54.2. The van der Waals surface area contributed by atoms with Crippen molar-refractivity contribution >= 4 is 0 Å². The summed E-state index contributed by atoms with van der Waals surface area (Å²) in [6.07, 6.45) is 0. The van der Waals surface area contributed by atoms with E-state index in [2.05, 4.69) is 226 Å². The molecule has 0 spiro atoms. The van der Waals surface area contributed by atoms with Gasteiger partial charge in [-0.1, -0.05) is 140 Å². The van der Waals surface area contributed by atoms with Crippen molar-refractivity contribution < 1.29 is 26.5 Å². The minimum atomic E-state index is -0.309. The summed E-state index contributed by atoms with van der Waals surface area (Å²) in [6, 6.07) is 49.6. The number of aromatic nitrogens is 12. The summed E-state index contributed by atoms with van der Waals surface area (Å²) in [4.78, 5) is 0. The zero-order valence-electron chi connectivity index (χ0n) is 54.2. The summed E-state index contributed by atoms with van der Waals surface area (Å²) in [6.45, 7) is 32.2. The molecule has 6 aromatic heterocycles. The number of nitrogens with zero attached hydrogens (tertiary/aromatic N) is 12. The Kier molecular flexibility index (Phi) is 14.9. The van der Waals surface area contributed by atoms with Gasteiger partial charge in [-0.25, -0.2) is 0 Å². The fourth-order valence-electron chi connectivity index (χ4n) is 10.4. The molecule has 0 N–H and O–H groups in total. The summed E-state index contributed by atoms with van der Waals surface area (Å²) in [5, 5.41) is 54.5. The maximum Gasteiger partial charge on any atom is 0.248 e. The molecule has 0 amide bonds. The molecule has 0 atom stereocenters. The minimum Gasteiger partial charge on any atom is -0.416 e. The predicted octanol–water partition coefficient (Wildman–Crippen LogP) is 18.5. The van der Waals surface area contributed by atoms with Gasteiger partial charge in [0.05, 0.1) is 0 Å². The Bertz CT molecular complexity index is 4560. The Morgan fingerprint density at radius 2 is 0.304 bits per heavy atom. The molecule has 0 aliphatic rings. The van der Waals surface area contributed by atoms with Crippen LogP contribution in [-0.4, -0.2) is 61.2 Å². The fourth-order valence-corrected chi connectivity index (χ4v) is 10.4. The molecular formula is C74H70N12O6. The van der Waals surface area contributed by atoms with Crippen molar-refractivity contribution in [3.8, 4) is 137 Å². The number of hydrogen-bond donors (Lipinski definition) is 0. The smallest absolute Gasteiger partial charge is 0.248 e. The van der Waals surface area contributed by atoms with Crippen molar-refractivity contribution in [2.45, 2.75) is 131 Å². The molecule has 0 aliphatic heterocycles. The lowest BCUT2D eigenvalue weighted by Crippen LogP contribution is -2.11. The third kappa shape index (κ3) is 12.5. The van der Waals surface area contributed by atoms with Gasteiger partial charge in [-0.2, -0.15) is 0 Å². The van der Waals surface area contributed by atoms with E-state index in [1.165, 1.54) is 0 Å². The van der Waals surface area contributed by atoms with Gasteiger partial charge in [0, 0.05) is 66.8 Å². The van der Waals surface area contributed by atoms with E-state index < -0.39 is 0 Å². The van der Waals surface area contributed by atoms with E-state index in [-0.39, 0.29) is 27.1 Å². The molecule has 0 radical (unpaired) electrons. The van der Waals surface area contributed by atoms with E-state index in [1.807, 2.05) is 91.0 Å². The minimum absolute atomic E-state index is 0.237. The third-order valence-corrected chi connectivity index (χ3v) is 16.1. The summed E-state index contributed by atoms with van der Waals surface area (Å²) in [5.74, 6) is 4.12. The average Bonchev–Trinajstić information content (AvgIpc) is 1.59. The molecule has 7 aromatic carbocycles. The largest absolute Gasteiger partial charge is 0.416 e. The fraction of sp³-hybridized carbons (Fsp3) is 0.270. The van der Waals surface area contributed by atoms with Gasteiger partial charge in [0.2, 0.25) is 70.7 Å². The molecule has 0 aliphatic carbocycles. The van der Waals surface area contributed by atoms with Gasteiger partial charge >= 0.3 is 0 Å². The molecule has 6 heterocycles. The van der Waals surface area contributed by atoms with Crippen LogP contribution in [0.3, 0.4) is 0 Å². The molecule has 0 unspecified atom stereocenters. The molecule has 18 heteroatoms. The van der Waals surface area contributed by atoms with Gasteiger partial charge in [0.25, 0.3) is 0 Å². The number of benzene rings is 7. The van der Waals surface area contributed by atoms with Crippen LogP contribution in [0, 0.1) is 0 Å². The highest BCUT2D eigenvalue weighted by molar-refractivity contribution is 5.75. The van der Waals surface area contributed by atoms with E-state index in [9.17, 15) is 0 Å². The van der Waals surface area contributed by atoms with Crippen molar-refractivity contribution in [2.75, 3.05) is 0 Å². The van der Waals surface area contributed by atoms with Gasteiger partial charge in [-0.15, -0.1) is 61.2 Å². The Morgan fingerprint density at radius 1 is 0.174 bits per heavy atom. The van der Waals surface area contributed by atoms with Crippen LogP contribution in [0.4, 0.5) is 0 Å². The second-order valence-electron chi connectivity index (χ2n) is 28.5. The Labute approximate surface area is 533 Å². The molecule has 0 saturated heterocycles. The van der Waals surface area contributed by atoms with Crippen LogP contribution in [0.2, 0.25) is 0 Å². The van der Waals surface area contributed by atoms with Crippen molar-refractivity contribution in [1.29, 1.82) is 0 Å². The molecule has 13 rings (SSSR count). The first-order valence-corrected chi connectivity index (χ1v) is 30.6. The first-order valence-electron chi connectivity index (χ1n) is 30.6. The monoisotopic (exact) mass is 1220 g/mol. The zero-order chi connectivity index (χ0) is 64.6. The van der Waals surface area contributed by atoms with E-state index in [0.717, 1.165) is 50.1 Å². The number of hydrogen-bond acceptors (Lipinski definition) is 18. The summed E-state index contributed by atoms with van der Waals surface area (Å²) in [7, 11) is 0. The molecule has 13 aromatic rings. The highest BCUT2D eigenvalue weighted by atomic mass is 16.4. The summed E-state index contributed by atoms with van der Waals surface area (Å²) < 4.78 is 38.8. The van der Waals surface area contributed by atoms with Crippen molar-refractivity contribution in [2.24, 2.45) is 0 Å². The molecule has 0 fully saturated rings. The molecule has 92 heavy (non-hydrogen) atoms. The molecule has 462 valence electrons. The lowest BCUT2D eigenvalue weighted by molar-refractivity contribution is 0.572. The highest BCUT2D eigenvalue weighted by Crippen LogP contribution is 2.42. The van der Waals surface area contributed by atoms with E-state index in [4.69, 9.17) is 26.5 Å². The molecule has 18 nitrogen and oxygen atoms in total. The highest BCUT2D eigenvalue weighted by Gasteiger charge is 2.28. The molecular weight excluding hydrogens is 1150 g/mol. The third-order valence-electron chi connectivity index (χ3n) is 16.1. The topological polar surface area (TPSA) is 234 Å². The summed E-state index contributed by atoms with van der Waals surface area (Å²) in [5.41, 5.74) is 12.3. The van der Waals surface area contributed by atoms with Gasteiger partial charge in [0.1, 0.15) is 0 Å². The van der Waals surface area contributed by atoms with Crippen molar-refractivity contribution in [1.82, 2.24) is 61.2 Å². The van der Waals surface area contributed by atoms with Crippen LogP contribution in [0.25, 0.3) is 137 Å². The number of rotatable bonds is 12. The van der Waals surface area contributed by atoms with Gasteiger partial charge < -0.3 is 26.5 Å². The lowest BCUT2D eigenvalue weighted by atomic mass is 9.85. The van der Waals surface area contributed by atoms with Crippen LogP contribution < -0.4 is 0 Å². The maximum absolute atomic E-state index is 6.64. The van der Waals surface area contributed by atoms with E-state index in [0.29, 0.717) is 115 Å². The Balaban J connectivity index is 0.805. The quantitative estimate of drug-likeness (QED) is 0.111. The van der Waals surface area contributed by atoms with Crippen LogP contribution in [0.1, 0.15) is 132 Å². The lowest BCUT2D eigenvalue weighted by Gasteiger charge is -2.20. The molecule has 0 saturated carbocycles.